The molecule has 0 aliphatic heterocycles. The molecule has 0 fully saturated rings. The lowest BCUT2D eigenvalue weighted by molar-refractivity contribution is -0.146. The molecule has 0 rings (SSSR count). The summed E-state index contributed by atoms with van der Waals surface area (Å²) < 4.78 is 4.72. The van der Waals surface area contributed by atoms with Gasteiger partial charge in [-0.15, -0.1) is 0 Å². The number of hydrogen-bond donors (Lipinski definition) is 2. The molecule has 0 bridgehead atoms. The van der Waals surface area contributed by atoms with Crippen LogP contribution in [0.25, 0.3) is 0 Å². The van der Waals surface area contributed by atoms with Crippen molar-refractivity contribution in [2.45, 2.75) is 72.4 Å². The molecule has 0 spiro atoms. The first-order valence-corrected chi connectivity index (χ1v) is 8.42. The van der Waals surface area contributed by atoms with Crippen LogP contribution in [0.3, 0.4) is 0 Å². The van der Waals surface area contributed by atoms with Crippen molar-refractivity contribution in [3.8, 4) is 0 Å². The molecular weight excluding hydrogens is 296 g/mol. The van der Waals surface area contributed by atoms with Crippen molar-refractivity contribution in [2.24, 2.45) is 11.8 Å². The summed E-state index contributed by atoms with van der Waals surface area (Å²) in [4.78, 5) is 36.2. The van der Waals surface area contributed by atoms with E-state index in [4.69, 9.17) is 4.74 Å². The fraction of sp³-hybridized carbons (Fsp3) is 0.824. The van der Waals surface area contributed by atoms with Gasteiger partial charge in [0, 0.05) is 6.42 Å². The number of amides is 2. The number of unbranched alkanes of at least 4 members (excludes halogenated alkanes) is 2. The highest BCUT2D eigenvalue weighted by molar-refractivity contribution is 5.91. The number of rotatable bonds is 10. The van der Waals surface area contributed by atoms with Gasteiger partial charge in [0.1, 0.15) is 12.1 Å². The minimum Gasteiger partial charge on any atom is -0.467 e. The van der Waals surface area contributed by atoms with Crippen molar-refractivity contribution >= 4 is 17.8 Å². The van der Waals surface area contributed by atoms with Gasteiger partial charge in [-0.3, -0.25) is 9.59 Å². The first kappa shape index (κ1) is 21.4. The standard InChI is InChI=1S/C17H32N2O4/c1-7-8-9-10-13(20)18-14(11(2)3)16(21)19-15(12(4)5)17(22)23-6/h11-12,14-15H,7-10H2,1-6H3,(H,18,20)(H,19,21)/t14-,15-/m0/s1. The van der Waals surface area contributed by atoms with E-state index in [0.717, 1.165) is 19.3 Å². The Bertz CT molecular complexity index is 394. The summed E-state index contributed by atoms with van der Waals surface area (Å²) >= 11 is 0. The molecule has 0 saturated heterocycles. The molecule has 0 aliphatic rings. The van der Waals surface area contributed by atoms with Crippen LogP contribution in [0, 0.1) is 11.8 Å². The number of esters is 1. The number of ether oxygens (including phenoxy) is 1. The highest BCUT2D eigenvalue weighted by Crippen LogP contribution is 2.08. The molecule has 0 saturated carbocycles. The van der Waals surface area contributed by atoms with Crippen LogP contribution < -0.4 is 10.6 Å². The molecule has 0 radical (unpaired) electrons. The van der Waals surface area contributed by atoms with Gasteiger partial charge in [-0.25, -0.2) is 4.79 Å². The molecule has 0 aliphatic carbocycles. The van der Waals surface area contributed by atoms with E-state index < -0.39 is 18.1 Å². The van der Waals surface area contributed by atoms with E-state index >= 15 is 0 Å². The Hall–Kier alpha value is -1.59. The third-order valence-electron chi connectivity index (χ3n) is 3.69. The van der Waals surface area contributed by atoms with E-state index in [9.17, 15) is 14.4 Å². The zero-order valence-electron chi connectivity index (χ0n) is 15.3. The third kappa shape index (κ3) is 8.00. The minimum absolute atomic E-state index is 0.0735. The van der Waals surface area contributed by atoms with Crippen LogP contribution in [0.5, 0.6) is 0 Å². The average Bonchev–Trinajstić information content (AvgIpc) is 2.48. The van der Waals surface area contributed by atoms with Crippen molar-refractivity contribution in [3.05, 3.63) is 0 Å². The summed E-state index contributed by atoms with van der Waals surface area (Å²) in [6.07, 6.45) is 3.25. The fourth-order valence-electron chi connectivity index (χ4n) is 2.18. The summed E-state index contributed by atoms with van der Waals surface area (Å²) in [5, 5.41) is 5.47. The van der Waals surface area contributed by atoms with Gasteiger partial charge in [0.15, 0.2) is 0 Å². The van der Waals surface area contributed by atoms with Crippen LogP contribution in [0.2, 0.25) is 0 Å². The molecule has 23 heavy (non-hydrogen) atoms. The van der Waals surface area contributed by atoms with E-state index in [1.54, 1.807) is 0 Å². The van der Waals surface area contributed by atoms with E-state index in [-0.39, 0.29) is 23.7 Å². The Morgan fingerprint density at radius 3 is 1.91 bits per heavy atom. The monoisotopic (exact) mass is 328 g/mol. The molecule has 0 aromatic rings. The van der Waals surface area contributed by atoms with Crippen molar-refractivity contribution in [2.75, 3.05) is 7.11 Å². The maximum Gasteiger partial charge on any atom is 0.328 e. The van der Waals surface area contributed by atoms with Crippen LogP contribution in [0.15, 0.2) is 0 Å². The predicted molar refractivity (Wildman–Crippen MR) is 89.7 cm³/mol. The molecule has 2 atom stereocenters. The second-order valence-corrected chi connectivity index (χ2v) is 6.50. The molecule has 6 heteroatoms. The smallest absolute Gasteiger partial charge is 0.328 e. The summed E-state index contributed by atoms with van der Waals surface area (Å²) in [6.45, 7) is 9.45. The summed E-state index contributed by atoms with van der Waals surface area (Å²) in [5.41, 5.74) is 0. The van der Waals surface area contributed by atoms with Gasteiger partial charge in [0.05, 0.1) is 7.11 Å². The Kier molecular flexibility index (Phi) is 10.3. The largest absolute Gasteiger partial charge is 0.467 e. The Labute approximate surface area is 139 Å². The molecule has 134 valence electrons. The van der Waals surface area contributed by atoms with Crippen LogP contribution in [-0.4, -0.2) is 37.0 Å². The second kappa shape index (κ2) is 11.0. The van der Waals surface area contributed by atoms with Gasteiger partial charge in [-0.05, 0) is 18.3 Å². The SMILES string of the molecule is CCCCCC(=O)N[C@H](C(=O)N[C@H](C(=O)OC)C(C)C)C(C)C. The molecule has 2 N–H and O–H groups in total. The number of carbonyl (C=O) groups excluding carboxylic acids is 3. The van der Waals surface area contributed by atoms with Crippen molar-refractivity contribution in [3.63, 3.8) is 0 Å². The second-order valence-electron chi connectivity index (χ2n) is 6.50. The van der Waals surface area contributed by atoms with Crippen molar-refractivity contribution < 1.29 is 19.1 Å². The van der Waals surface area contributed by atoms with Gasteiger partial charge >= 0.3 is 5.97 Å². The summed E-state index contributed by atoms with van der Waals surface area (Å²) in [6, 6.07) is -1.37. The molecule has 0 heterocycles. The Morgan fingerprint density at radius 2 is 1.48 bits per heavy atom. The Balaban J connectivity index is 4.78. The van der Waals surface area contributed by atoms with Crippen LogP contribution in [0.1, 0.15) is 60.3 Å². The zero-order valence-corrected chi connectivity index (χ0v) is 15.3. The van der Waals surface area contributed by atoms with E-state index in [0.29, 0.717) is 6.42 Å². The molecule has 2 amide bonds. The van der Waals surface area contributed by atoms with E-state index in [1.807, 2.05) is 27.7 Å². The number of methoxy groups -OCH3 is 1. The highest BCUT2D eigenvalue weighted by atomic mass is 16.5. The maximum atomic E-state index is 12.5. The molecule has 0 aromatic heterocycles. The van der Waals surface area contributed by atoms with Crippen molar-refractivity contribution in [1.29, 1.82) is 0 Å². The highest BCUT2D eigenvalue weighted by Gasteiger charge is 2.30. The third-order valence-corrected chi connectivity index (χ3v) is 3.69. The topological polar surface area (TPSA) is 84.5 Å². The lowest BCUT2D eigenvalue weighted by Crippen LogP contribution is -2.55. The fourth-order valence-corrected chi connectivity index (χ4v) is 2.18. The lowest BCUT2D eigenvalue weighted by atomic mass is 10.00. The van der Waals surface area contributed by atoms with Crippen LogP contribution >= 0.6 is 0 Å². The first-order chi connectivity index (χ1) is 10.7. The van der Waals surface area contributed by atoms with Gasteiger partial charge in [0.25, 0.3) is 0 Å². The molecule has 0 unspecified atom stereocenters. The van der Waals surface area contributed by atoms with E-state index in [1.165, 1.54) is 7.11 Å². The predicted octanol–water partition coefficient (Wildman–Crippen LogP) is 2.02. The summed E-state index contributed by atoms with van der Waals surface area (Å²) in [5.74, 6) is -1.14. The quantitative estimate of drug-likeness (QED) is 0.475. The number of nitrogens with one attached hydrogen (secondary N) is 2. The van der Waals surface area contributed by atoms with Crippen LogP contribution in [0.4, 0.5) is 0 Å². The van der Waals surface area contributed by atoms with Gasteiger partial charge < -0.3 is 15.4 Å². The molecule has 6 nitrogen and oxygen atoms in total. The lowest BCUT2D eigenvalue weighted by Gasteiger charge is -2.26. The normalized spacial score (nSPS) is 13.6. The van der Waals surface area contributed by atoms with Gasteiger partial charge in [-0.2, -0.15) is 0 Å². The van der Waals surface area contributed by atoms with E-state index in [2.05, 4.69) is 17.6 Å². The summed E-state index contributed by atoms with van der Waals surface area (Å²) in [7, 11) is 1.29. The van der Waals surface area contributed by atoms with Gasteiger partial charge in [-0.1, -0.05) is 47.5 Å². The number of hydrogen-bond acceptors (Lipinski definition) is 4. The average molecular weight is 328 g/mol. The Morgan fingerprint density at radius 1 is 0.913 bits per heavy atom. The molecule has 0 aromatic carbocycles. The maximum absolute atomic E-state index is 12.5. The van der Waals surface area contributed by atoms with Crippen LogP contribution in [-0.2, 0) is 19.1 Å². The first-order valence-electron chi connectivity index (χ1n) is 8.42. The zero-order chi connectivity index (χ0) is 18.0. The minimum atomic E-state index is -0.717. The van der Waals surface area contributed by atoms with Crippen molar-refractivity contribution in [1.82, 2.24) is 10.6 Å². The van der Waals surface area contributed by atoms with Gasteiger partial charge in [0.2, 0.25) is 11.8 Å². The number of carbonyl (C=O) groups is 3. The molecular formula is C17H32N2O4.